The molecule has 0 fully saturated rings. The third-order valence-electron chi connectivity index (χ3n) is 3.46. The Bertz CT molecular complexity index is 772. The molecule has 2 aromatic rings. The van der Waals surface area contributed by atoms with E-state index < -0.39 is 0 Å². The first-order valence-corrected chi connectivity index (χ1v) is 9.13. The fourth-order valence-electron chi connectivity index (χ4n) is 2.33. The van der Waals surface area contributed by atoms with Gasteiger partial charge in [0, 0.05) is 38.2 Å². The van der Waals surface area contributed by atoms with Crippen molar-refractivity contribution in [1.82, 2.24) is 10.6 Å². The van der Waals surface area contributed by atoms with Gasteiger partial charge in [-0.15, -0.1) is 0 Å². The van der Waals surface area contributed by atoms with Crippen molar-refractivity contribution in [3.63, 3.8) is 0 Å². The van der Waals surface area contributed by atoms with E-state index in [0.717, 1.165) is 5.39 Å². The average Bonchev–Trinajstić information content (AvgIpc) is 2.95. The molecule has 7 nitrogen and oxygen atoms in total. The first kappa shape index (κ1) is 20.3. The predicted octanol–water partition coefficient (Wildman–Crippen LogP) is 2.87. The Labute approximate surface area is 160 Å². The predicted molar refractivity (Wildman–Crippen MR) is 102 cm³/mol. The largest absolute Gasteiger partial charge is 0.490 e. The molecule has 0 saturated heterocycles. The first-order valence-electron chi connectivity index (χ1n) is 8.34. The minimum Gasteiger partial charge on any atom is -0.490 e. The average molecular weight is 427 g/mol. The molecule has 0 radical (unpaired) electrons. The molecule has 1 aromatic heterocycles. The van der Waals surface area contributed by atoms with Crippen LogP contribution in [0.3, 0.4) is 0 Å². The number of rotatable bonds is 9. The molecule has 0 aliphatic heterocycles. The second-order valence-corrected chi connectivity index (χ2v) is 6.73. The molecule has 8 heteroatoms. The van der Waals surface area contributed by atoms with Crippen molar-refractivity contribution in [3.05, 3.63) is 28.4 Å². The number of furan rings is 1. The molecule has 2 rings (SSSR count). The fraction of sp³-hybridized carbons (Fsp3) is 0.444. The molecule has 142 valence electrons. The number of carbonyl (C=O) groups excluding carboxylic acids is 2. The summed E-state index contributed by atoms with van der Waals surface area (Å²) in [4.78, 5) is 24.0. The summed E-state index contributed by atoms with van der Waals surface area (Å²) in [7, 11) is 1.57. The lowest BCUT2D eigenvalue weighted by atomic mass is 10.1. The van der Waals surface area contributed by atoms with Crippen LogP contribution in [0.15, 0.2) is 27.3 Å². The topological polar surface area (TPSA) is 89.8 Å². The number of methoxy groups -OCH3 is 1. The highest BCUT2D eigenvalue weighted by molar-refractivity contribution is 9.10. The number of nitrogens with one attached hydrogen (secondary N) is 2. The Kier molecular flexibility index (Phi) is 7.47. The number of ether oxygens (including phenoxy) is 2. The van der Waals surface area contributed by atoms with Crippen LogP contribution in [0.1, 0.15) is 30.6 Å². The summed E-state index contributed by atoms with van der Waals surface area (Å²) in [5.74, 6) is 0.142. The van der Waals surface area contributed by atoms with Crippen LogP contribution in [0.2, 0.25) is 0 Å². The van der Waals surface area contributed by atoms with Gasteiger partial charge in [0.25, 0.3) is 5.91 Å². The van der Waals surface area contributed by atoms with Crippen LogP contribution in [-0.2, 0) is 9.53 Å². The number of hydrogen-bond acceptors (Lipinski definition) is 5. The molecule has 0 atom stereocenters. The lowest BCUT2D eigenvalue weighted by Gasteiger charge is -2.12. The quantitative estimate of drug-likeness (QED) is 0.601. The molecule has 0 unspecified atom stereocenters. The molecule has 26 heavy (non-hydrogen) atoms. The highest BCUT2D eigenvalue weighted by atomic mass is 79.9. The van der Waals surface area contributed by atoms with Crippen LogP contribution < -0.4 is 15.4 Å². The van der Waals surface area contributed by atoms with Crippen molar-refractivity contribution < 1.29 is 23.5 Å². The van der Waals surface area contributed by atoms with E-state index in [1.807, 2.05) is 13.8 Å². The highest BCUT2D eigenvalue weighted by Gasteiger charge is 2.15. The second-order valence-electron chi connectivity index (χ2n) is 5.95. The first-order chi connectivity index (χ1) is 12.4. The van der Waals surface area contributed by atoms with E-state index in [4.69, 9.17) is 13.9 Å². The molecule has 0 bridgehead atoms. The van der Waals surface area contributed by atoms with Gasteiger partial charge in [-0.05, 0) is 41.9 Å². The minimum absolute atomic E-state index is 0.0408. The molecular weight excluding hydrogens is 404 g/mol. The van der Waals surface area contributed by atoms with Gasteiger partial charge in [-0.1, -0.05) is 0 Å². The zero-order valence-corrected chi connectivity index (χ0v) is 16.6. The van der Waals surface area contributed by atoms with Crippen LogP contribution >= 0.6 is 15.9 Å². The van der Waals surface area contributed by atoms with Crippen molar-refractivity contribution in [2.45, 2.75) is 26.4 Å². The minimum atomic E-state index is -0.294. The molecule has 0 aliphatic rings. The standard InChI is InChI=1S/C18H23BrN2O5/c1-11(2)25-14-8-12(9-15-13(14)10-16(19)26-15)18(23)21-5-4-17(22)20-6-7-24-3/h8-11H,4-7H2,1-3H3,(H,20,22)(H,21,23). The summed E-state index contributed by atoms with van der Waals surface area (Å²) in [6.07, 6.45) is 0.153. The monoisotopic (exact) mass is 426 g/mol. The zero-order chi connectivity index (χ0) is 19.1. The summed E-state index contributed by atoms with van der Waals surface area (Å²) in [5.41, 5.74) is 0.965. The SMILES string of the molecule is COCCNC(=O)CCNC(=O)c1cc(OC(C)C)c2cc(Br)oc2c1. The van der Waals surface area contributed by atoms with Gasteiger partial charge in [-0.3, -0.25) is 9.59 Å². The van der Waals surface area contributed by atoms with Crippen LogP contribution in [0.25, 0.3) is 11.0 Å². The third kappa shape index (κ3) is 5.74. The van der Waals surface area contributed by atoms with E-state index in [0.29, 0.717) is 34.7 Å². The zero-order valence-electron chi connectivity index (χ0n) is 15.1. The van der Waals surface area contributed by atoms with Gasteiger partial charge in [0.15, 0.2) is 4.67 Å². The van der Waals surface area contributed by atoms with Crippen molar-refractivity contribution in [1.29, 1.82) is 0 Å². The summed E-state index contributed by atoms with van der Waals surface area (Å²) in [6.45, 7) is 4.96. The van der Waals surface area contributed by atoms with Crippen molar-refractivity contribution in [2.75, 3.05) is 26.8 Å². The van der Waals surface area contributed by atoms with Gasteiger partial charge in [0.05, 0.1) is 18.1 Å². The molecule has 0 spiro atoms. The van der Waals surface area contributed by atoms with Crippen LogP contribution in [-0.4, -0.2) is 44.7 Å². The summed E-state index contributed by atoms with van der Waals surface area (Å²) in [6, 6.07) is 5.14. The van der Waals surface area contributed by atoms with Crippen LogP contribution in [0, 0.1) is 0 Å². The van der Waals surface area contributed by atoms with Crippen molar-refractivity contribution >= 4 is 38.7 Å². The Hall–Kier alpha value is -2.06. The Morgan fingerprint density at radius 3 is 2.65 bits per heavy atom. The maximum atomic E-state index is 12.4. The van der Waals surface area contributed by atoms with Crippen molar-refractivity contribution in [3.8, 4) is 5.75 Å². The number of halogens is 1. The highest BCUT2D eigenvalue weighted by Crippen LogP contribution is 2.33. The molecule has 1 heterocycles. The van der Waals surface area contributed by atoms with Crippen molar-refractivity contribution in [2.24, 2.45) is 0 Å². The number of fused-ring (bicyclic) bond motifs is 1. The van der Waals surface area contributed by atoms with E-state index in [-0.39, 0.29) is 30.9 Å². The smallest absolute Gasteiger partial charge is 0.251 e. The fourth-order valence-corrected chi connectivity index (χ4v) is 2.73. The van der Waals surface area contributed by atoms with Gasteiger partial charge in [-0.2, -0.15) is 0 Å². The Morgan fingerprint density at radius 2 is 1.96 bits per heavy atom. The molecule has 1 aromatic carbocycles. The van der Waals surface area contributed by atoms with Gasteiger partial charge in [-0.25, -0.2) is 0 Å². The molecule has 2 amide bonds. The van der Waals surface area contributed by atoms with Crippen LogP contribution in [0.4, 0.5) is 0 Å². The van der Waals surface area contributed by atoms with E-state index >= 15 is 0 Å². The Morgan fingerprint density at radius 1 is 1.19 bits per heavy atom. The third-order valence-corrected chi connectivity index (χ3v) is 3.85. The number of carbonyl (C=O) groups is 2. The second kappa shape index (κ2) is 9.59. The van der Waals surface area contributed by atoms with Gasteiger partial charge in [0.1, 0.15) is 11.3 Å². The van der Waals surface area contributed by atoms with Gasteiger partial charge < -0.3 is 24.5 Å². The maximum absolute atomic E-state index is 12.4. The normalized spacial score (nSPS) is 11.0. The Balaban J connectivity index is 2.02. The summed E-state index contributed by atoms with van der Waals surface area (Å²) >= 11 is 3.29. The van der Waals surface area contributed by atoms with Crippen LogP contribution in [0.5, 0.6) is 5.75 Å². The lowest BCUT2D eigenvalue weighted by Crippen LogP contribution is -2.32. The molecule has 0 saturated carbocycles. The molecule has 0 aliphatic carbocycles. The molecular formula is C18H23BrN2O5. The summed E-state index contributed by atoms with van der Waals surface area (Å²) < 4.78 is 16.8. The van der Waals surface area contributed by atoms with E-state index in [9.17, 15) is 9.59 Å². The van der Waals surface area contributed by atoms with E-state index in [2.05, 4.69) is 26.6 Å². The van der Waals surface area contributed by atoms with Gasteiger partial charge >= 0.3 is 0 Å². The van der Waals surface area contributed by atoms with E-state index in [1.54, 1.807) is 25.3 Å². The number of hydrogen-bond donors (Lipinski definition) is 2. The van der Waals surface area contributed by atoms with Gasteiger partial charge in [0.2, 0.25) is 5.91 Å². The summed E-state index contributed by atoms with van der Waals surface area (Å²) in [5, 5.41) is 6.22. The maximum Gasteiger partial charge on any atom is 0.251 e. The number of amides is 2. The number of benzene rings is 1. The lowest BCUT2D eigenvalue weighted by molar-refractivity contribution is -0.121. The molecule has 2 N–H and O–H groups in total. The van der Waals surface area contributed by atoms with E-state index in [1.165, 1.54) is 0 Å².